The highest BCUT2D eigenvalue weighted by Gasteiger charge is 2.23. The number of amides is 2. The second-order valence-electron chi connectivity index (χ2n) is 9.08. The third-order valence-corrected chi connectivity index (χ3v) is 5.26. The van der Waals surface area contributed by atoms with Crippen molar-refractivity contribution in [3.8, 4) is 0 Å². The first-order valence-electron chi connectivity index (χ1n) is 10.1. The zero-order valence-corrected chi connectivity index (χ0v) is 19.0. The van der Waals surface area contributed by atoms with Crippen LogP contribution < -0.4 is 10.6 Å². The van der Waals surface area contributed by atoms with Crippen molar-refractivity contribution in [2.24, 2.45) is 5.41 Å². The van der Waals surface area contributed by atoms with Gasteiger partial charge in [-0.3, -0.25) is 9.59 Å². The van der Waals surface area contributed by atoms with Crippen LogP contribution >= 0.6 is 0 Å². The molecule has 0 aliphatic rings. The molecule has 0 aliphatic heterocycles. The van der Waals surface area contributed by atoms with Crippen LogP contribution in [0.2, 0.25) is 0 Å². The van der Waals surface area contributed by atoms with E-state index in [0.717, 1.165) is 44.5 Å². The summed E-state index contributed by atoms with van der Waals surface area (Å²) in [7, 11) is 0. The molecule has 156 valence electrons. The first kappa shape index (κ1) is 22.7. The Balaban J connectivity index is 2.00. The molecule has 4 heteroatoms. The molecule has 0 atom stereocenters. The van der Waals surface area contributed by atoms with Gasteiger partial charge < -0.3 is 10.6 Å². The summed E-state index contributed by atoms with van der Waals surface area (Å²) in [4.78, 5) is 25.5. The number of aryl methyl sites for hydroxylation is 6. The van der Waals surface area contributed by atoms with E-state index >= 15 is 0 Å². The lowest BCUT2D eigenvalue weighted by molar-refractivity contribution is 0.0919. The van der Waals surface area contributed by atoms with Crippen molar-refractivity contribution in [2.75, 3.05) is 13.1 Å². The minimum Gasteiger partial charge on any atom is -0.351 e. The molecule has 0 spiro atoms. The van der Waals surface area contributed by atoms with Crippen molar-refractivity contribution >= 4 is 11.8 Å². The summed E-state index contributed by atoms with van der Waals surface area (Å²) in [6.07, 6.45) is 0. The van der Waals surface area contributed by atoms with Gasteiger partial charge in [0.15, 0.2) is 0 Å². The molecular formula is C25H34N2O2. The second-order valence-corrected chi connectivity index (χ2v) is 9.08. The fourth-order valence-corrected chi connectivity index (χ4v) is 3.95. The van der Waals surface area contributed by atoms with Gasteiger partial charge in [-0.25, -0.2) is 0 Å². The zero-order valence-electron chi connectivity index (χ0n) is 19.0. The standard InChI is InChI=1S/C25H34N2O2/c1-15-9-17(3)21(18(4)10-15)23(28)26-13-25(7,8)14-27-24(29)22-19(5)11-16(2)12-20(22)6/h9-12H,13-14H2,1-8H3,(H,26,28)(H,27,29). The number of rotatable bonds is 6. The Hall–Kier alpha value is -2.62. The van der Waals surface area contributed by atoms with E-state index in [1.807, 2.05) is 79.7 Å². The normalized spacial score (nSPS) is 11.3. The highest BCUT2D eigenvalue weighted by Crippen LogP contribution is 2.19. The lowest BCUT2D eigenvalue weighted by atomic mass is 9.92. The Bertz CT molecular complexity index is 820. The van der Waals surface area contributed by atoms with E-state index in [9.17, 15) is 9.59 Å². The summed E-state index contributed by atoms with van der Waals surface area (Å²) in [5.41, 5.74) is 7.44. The Morgan fingerprint density at radius 3 is 1.21 bits per heavy atom. The predicted molar refractivity (Wildman–Crippen MR) is 120 cm³/mol. The van der Waals surface area contributed by atoms with E-state index < -0.39 is 0 Å². The Morgan fingerprint density at radius 2 is 0.931 bits per heavy atom. The van der Waals surface area contributed by atoms with Crippen molar-refractivity contribution < 1.29 is 9.59 Å². The summed E-state index contributed by atoms with van der Waals surface area (Å²) in [6, 6.07) is 8.11. The highest BCUT2D eigenvalue weighted by atomic mass is 16.2. The zero-order chi connectivity index (χ0) is 21.9. The van der Waals surface area contributed by atoms with Crippen molar-refractivity contribution in [3.63, 3.8) is 0 Å². The molecule has 0 saturated carbocycles. The third kappa shape index (κ3) is 5.69. The molecule has 2 N–H and O–H groups in total. The van der Waals surface area contributed by atoms with Crippen LogP contribution in [0.3, 0.4) is 0 Å². The fourth-order valence-electron chi connectivity index (χ4n) is 3.95. The van der Waals surface area contributed by atoms with Crippen molar-refractivity contribution in [1.29, 1.82) is 0 Å². The average Bonchev–Trinajstić information content (AvgIpc) is 2.56. The number of hydrogen-bond donors (Lipinski definition) is 2. The quantitative estimate of drug-likeness (QED) is 0.745. The number of carbonyl (C=O) groups is 2. The minimum atomic E-state index is -0.273. The van der Waals surface area contributed by atoms with Gasteiger partial charge in [0.2, 0.25) is 0 Å². The summed E-state index contributed by atoms with van der Waals surface area (Å²) in [6.45, 7) is 17.0. The Morgan fingerprint density at radius 1 is 0.655 bits per heavy atom. The second kappa shape index (κ2) is 8.81. The largest absolute Gasteiger partial charge is 0.351 e. The molecule has 0 aromatic heterocycles. The van der Waals surface area contributed by atoms with Crippen molar-refractivity contribution in [3.05, 3.63) is 68.8 Å². The molecule has 0 unspecified atom stereocenters. The van der Waals surface area contributed by atoms with E-state index in [1.54, 1.807) is 0 Å². The summed E-state index contributed by atoms with van der Waals surface area (Å²) >= 11 is 0. The molecule has 0 aliphatic carbocycles. The number of nitrogens with one attached hydrogen (secondary N) is 2. The first-order valence-corrected chi connectivity index (χ1v) is 10.1. The van der Waals surface area contributed by atoms with Gasteiger partial charge in [0.05, 0.1) is 0 Å². The van der Waals surface area contributed by atoms with Gasteiger partial charge in [0.1, 0.15) is 0 Å². The molecule has 0 heterocycles. The fraction of sp³-hybridized carbons (Fsp3) is 0.440. The summed E-state index contributed by atoms with van der Waals surface area (Å²) < 4.78 is 0. The molecule has 0 saturated heterocycles. The van der Waals surface area contributed by atoms with Gasteiger partial charge in [0.25, 0.3) is 11.8 Å². The van der Waals surface area contributed by atoms with Crippen LogP contribution in [0.1, 0.15) is 67.9 Å². The van der Waals surface area contributed by atoms with Crippen LogP contribution in [-0.2, 0) is 0 Å². The van der Waals surface area contributed by atoms with E-state index in [4.69, 9.17) is 0 Å². The maximum Gasteiger partial charge on any atom is 0.251 e. The molecule has 0 bridgehead atoms. The van der Waals surface area contributed by atoms with Gasteiger partial charge in [-0.15, -0.1) is 0 Å². The van der Waals surface area contributed by atoms with Gasteiger partial charge in [-0.2, -0.15) is 0 Å². The molecule has 0 fully saturated rings. The molecule has 2 amide bonds. The summed E-state index contributed by atoms with van der Waals surface area (Å²) in [5, 5.41) is 6.09. The van der Waals surface area contributed by atoms with Crippen LogP contribution in [0, 0.1) is 47.0 Å². The number of benzene rings is 2. The molecular weight excluding hydrogens is 360 g/mol. The van der Waals surface area contributed by atoms with Crippen LogP contribution in [0.15, 0.2) is 24.3 Å². The number of carbonyl (C=O) groups excluding carboxylic acids is 2. The van der Waals surface area contributed by atoms with E-state index in [1.165, 1.54) is 0 Å². The lowest BCUT2D eigenvalue weighted by Gasteiger charge is -2.26. The monoisotopic (exact) mass is 394 g/mol. The highest BCUT2D eigenvalue weighted by molar-refractivity contribution is 5.98. The SMILES string of the molecule is Cc1cc(C)c(C(=O)NCC(C)(C)CNC(=O)c2c(C)cc(C)cc2C)c(C)c1. The maximum atomic E-state index is 12.7. The average molecular weight is 395 g/mol. The van der Waals surface area contributed by atoms with Gasteiger partial charge in [0, 0.05) is 24.2 Å². The van der Waals surface area contributed by atoms with Crippen LogP contribution in [0.4, 0.5) is 0 Å². The van der Waals surface area contributed by atoms with Crippen LogP contribution in [0.5, 0.6) is 0 Å². The van der Waals surface area contributed by atoms with Crippen molar-refractivity contribution in [1.82, 2.24) is 10.6 Å². The molecule has 4 nitrogen and oxygen atoms in total. The van der Waals surface area contributed by atoms with Crippen LogP contribution in [0.25, 0.3) is 0 Å². The van der Waals surface area contributed by atoms with E-state index in [2.05, 4.69) is 10.6 Å². The predicted octanol–water partition coefficient (Wildman–Crippen LogP) is 4.72. The van der Waals surface area contributed by atoms with Gasteiger partial charge in [-0.05, 0) is 69.2 Å². The third-order valence-electron chi connectivity index (χ3n) is 5.26. The Labute approximate surface area is 175 Å². The number of hydrogen-bond acceptors (Lipinski definition) is 2. The molecule has 2 aromatic carbocycles. The first-order chi connectivity index (χ1) is 13.4. The minimum absolute atomic E-state index is 0.0652. The Kier molecular flexibility index (Phi) is 6.89. The topological polar surface area (TPSA) is 58.2 Å². The maximum absolute atomic E-state index is 12.7. The van der Waals surface area contributed by atoms with Gasteiger partial charge >= 0.3 is 0 Å². The summed E-state index contributed by atoms with van der Waals surface area (Å²) in [5.74, 6) is -0.130. The molecule has 2 aromatic rings. The molecule has 29 heavy (non-hydrogen) atoms. The smallest absolute Gasteiger partial charge is 0.251 e. The van der Waals surface area contributed by atoms with Crippen LogP contribution in [-0.4, -0.2) is 24.9 Å². The lowest BCUT2D eigenvalue weighted by Crippen LogP contribution is -2.42. The molecule has 0 radical (unpaired) electrons. The molecule has 2 rings (SSSR count). The van der Waals surface area contributed by atoms with Gasteiger partial charge in [-0.1, -0.05) is 49.2 Å². The van der Waals surface area contributed by atoms with E-state index in [-0.39, 0.29) is 17.2 Å². The van der Waals surface area contributed by atoms with E-state index in [0.29, 0.717) is 13.1 Å². The van der Waals surface area contributed by atoms with Crippen molar-refractivity contribution in [2.45, 2.75) is 55.4 Å².